The Labute approximate surface area is 114 Å². The van der Waals surface area contributed by atoms with Crippen molar-refractivity contribution >= 4 is 11.6 Å². The Morgan fingerprint density at radius 2 is 2.10 bits per heavy atom. The molecule has 2 N–H and O–H groups in total. The van der Waals surface area contributed by atoms with E-state index in [0.717, 1.165) is 12.1 Å². The third-order valence-electron chi connectivity index (χ3n) is 2.82. The van der Waals surface area contributed by atoms with Gasteiger partial charge in [-0.2, -0.15) is 0 Å². The molecule has 0 radical (unpaired) electrons. The number of aryl methyl sites for hydroxylation is 1. The average molecular weight is 278 g/mol. The Kier molecular flexibility index (Phi) is 4.05. The highest BCUT2D eigenvalue weighted by atomic mass is 19.1. The van der Waals surface area contributed by atoms with Crippen LogP contribution < -0.4 is 5.32 Å². The maximum atomic E-state index is 13.7. The van der Waals surface area contributed by atoms with Crippen LogP contribution in [0.2, 0.25) is 0 Å². The summed E-state index contributed by atoms with van der Waals surface area (Å²) in [5.74, 6) is -2.27. The van der Waals surface area contributed by atoms with E-state index < -0.39 is 23.1 Å². The summed E-state index contributed by atoms with van der Waals surface area (Å²) in [7, 11) is 0. The predicted molar refractivity (Wildman–Crippen MR) is 69.2 cm³/mol. The first-order valence-electron chi connectivity index (χ1n) is 5.83. The molecule has 0 spiro atoms. The zero-order chi connectivity index (χ0) is 14.7. The van der Waals surface area contributed by atoms with Crippen LogP contribution in [0.5, 0.6) is 0 Å². The molecule has 20 heavy (non-hydrogen) atoms. The third-order valence-corrected chi connectivity index (χ3v) is 2.82. The van der Waals surface area contributed by atoms with Gasteiger partial charge in [-0.1, -0.05) is 0 Å². The number of hydrogen-bond acceptors (Lipinski definition) is 3. The molecule has 0 saturated heterocycles. The number of amides is 1. The second kappa shape index (κ2) is 5.75. The molecule has 0 atom stereocenters. The highest BCUT2D eigenvalue weighted by molar-refractivity contribution is 6.04. The van der Waals surface area contributed by atoms with Gasteiger partial charge in [-0.3, -0.25) is 9.78 Å². The molecule has 0 aliphatic rings. The average Bonchev–Trinajstić information content (AvgIpc) is 2.43. The van der Waals surface area contributed by atoms with Crippen molar-refractivity contribution < 1.29 is 18.7 Å². The first-order valence-corrected chi connectivity index (χ1v) is 5.83. The number of hydrogen-bond donors (Lipinski definition) is 2. The van der Waals surface area contributed by atoms with Gasteiger partial charge in [0.2, 0.25) is 0 Å². The summed E-state index contributed by atoms with van der Waals surface area (Å²) in [4.78, 5) is 15.7. The second-order valence-electron chi connectivity index (χ2n) is 4.23. The van der Waals surface area contributed by atoms with Crippen LogP contribution in [0.15, 0.2) is 30.6 Å². The molecule has 0 saturated carbocycles. The van der Waals surface area contributed by atoms with Crippen LogP contribution >= 0.6 is 0 Å². The van der Waals surface area contributed by atoms with Crippen molar-refractivity contribution in [3.63, 3.8) is 0 Å². The Morgan fingerprint density at radius 3 is 2.80 bits per heavy atom. The molecule has 2 rings (SSSR count). The van der Waals surface area contributed by atoms with Crippen LogP contribution in [0, 0.1) is 18.6 Å². The zero-order valence-corrected chi connectivity index (χ0v) is 10.7. The van der Waals surface area contributed by atoms with Gasteiger partial charge in [0.05, 0.1) is 24.1 Å². The number of nitrogens with zero attached hydrogens (tertiary/aromatic N) is 1. The molecule has 1 aromatic heterocycles. The highest BCUT2D eigenvalue weighted by Crippen LogP contribution is 2.18. The van der Waals surface area contributed by atoms with Gasteiger partial charge in [-0.25, -0.2) is 8.78 Å². The Morgan fingerprint density at radius 1 is 1.35 bits per heavy atom. The Bertz CT molecular complexity index is 660. The summed E-state index contributed by atoms with van der Waals surface area (Å²) < 4.78 is 27.1. The van der Waals surface area contributed by atoms with E-state index >= 15 is 0 Å². The summed E-state index contributed by atoms with van der Waals surface area (Å²) in [5.41, 5.74) is 0.402. The van der Waals surface area contributed by atoms with Crippen molar-refractivity contribution in [2.75, 3.05) is 5.32 Å². The third kappa shape index (κ3) is 2.80. The van der Waals surface area contributed by atoms with E-state index in [1.165, 1.54) is 25.4 Å². The summed E-state index contributed by atoms with van der Waals surface area (Å²) in [6.45, 7) is 1.11. The summed E-state index contributed by atoms with van der Waals surface area (Å²) in [6, 6.07) is 3.32. The zero-order valence-electron chi connectivity index (χ0n) is 10.7. The molecular weight excluding hydrogens is 266 g/mol. The van der Waals surface area contributed by atoms with Crippen molar-refractivity contribution in [2.24, 2.45) is 0 Å². The normalized spacial score (nSPS) is 10.4. The maximum absolute atomic E-state index is 13.7. The van der Waals surface area contributed by atoms with Crippen LogP contribution in [-0.2, 0) is 6.61 Å². The van der Waals surface area contributed by atoms with Gasteiger partial charge >= 0.3 is 0 Å². The van der Waals surface area contributed by atoms with Crippen molar-refractivity contribution in [1.29, 1.82) is 0 Å². The number of pyridine rings is 1. The Balaban J connectivity index is 2.31. The number of carbonyl (C=O) groups excluding carboxylic acids is 1. The first-order chi connectivity index (χ1) is 9.52. The van der Waals surface area contributed by atoms with Gasteiger partial charge in [0, 0.05) is 11.8 Å². The van der Waals surface area contributed by atoms with E-state index in [0.29, 0.717) is 5.56 Å². The fourth-order valence-corrected chi connectivity index (χ4v) is 1.68. The van der Waals surface area contributed by atoms with Gasteiger partial charge in [0.25, 0.3) is 5.91 Å². The molecular formula is C14H12F2N2O2. The number of aromatic nitrogens is 1. The fourth-order valence-electron chi connectivity index (χ4n) is 1.68. The van der Waals surface area contributed by atoms with E-state index in [2.05, 4.69) is 10.3 Å². The standard InChI is InChI=1S/C14H12F2N2O2/c1-8-4-12(16)10(5-11(8)15)14(20)18-13-6-17-3-2-9(13)7-19/h2-6,19H,7H2,1H3,(H,18,20). The van der Waals surface area contributed by atoms with E-state index in [4.69, 9.17) is 5.11 Å². The topological polar surface area (TPSA) is 62.2 Å². The molecule has 0 bridgehead atoms. The number of halogens is 2. The Hall–Kier alpha value is -2.34. The minimum Gasteiger partial charge on any atom is -0.392 e. The molecule has 1 aromatic carbocycles. The van der Waals surface area contributed by atoms with Gasteiger partial charge < -0.3 is 10.4 Å². The van der Waals surface area contributed by atoms with Crippen LogP contribution in [0.3, 0.4) is 0 Å². The minimum absolute atomic E-state index is 0.122. The second-order valence-corrected chi connectivity index (χ2v) is 4.23. The number of benzene rings is 1. The lowest BCUT2D eigenvalue weighted by Gasteiger charge is -2.10. The fraction of sp³-hybridized carbons (Fsp3) is 0.143. The SMILES string of the molecule is Cc1cc(F)c(C(=O)Nc2cnccc2CO)cc1F. The molecule has 2 aromatic rings. The van der Waals surface area contributed by atoms with Gasteiger partial charge in [-0.05, 0) is 30.7 Å². The van der Waals surface area contributed by atoms with Crippen LogP contribution in [0.4, 0.5) is 14.5 Å². The van der Waals surface area contributed by atoms with Crippen molar-refractivity contribution in [3.05, 3.63) is 58.9 Å². The number of aliphatic hydroxyl groups excluding tert-OH is 1. The van der Waals surface area contributed by atoms with E-state index in [1.54, 1.807) is 0 Å². The molecule has 0 unspecified atom stereocenters. The number of carbonyl (C=O) groups is 1. The summed E-state index contributed by atoms with van der Waals surface area (Å²) in [6.07, 6.45) is 2.78. The van der Waals surface area contributed by atoms with Crippen molar-refractivity contribution in [2.45, 2.75) is 13.5 Å². The van der Waals surface area contributed by atoms with E-state index in [1.807, 2.05) is 0 Å². The number of nitrogens with one attached hydrogen (secondary N) is 1. The lowest BCUT2D eigenvalue weighted by Crippen LogP contribution is -2.16. The monoisotopic (exact) mass is 278 g/mol. The predicted octanol–water partition coefficient (Wildman–Crippen LogP) is 2.41. The minimum atomic E-state index is -0.809. The number of rotatable bonds is 3. The van der Waals surface area contributed by atoms with Crippen LogP contribution in [0.25, 0.3) is 0 Å². The summed E-state index contributed by atoms with van der Waals surface area (Å²) in [5, 5.41) is 11.5. The number of aliphatic hydroxyl groups is 1. The van der Waals surface area contributed by atoms with Gasteiger partial charge in [0.15, 0.2) is 0 Å². The quantitative estimate of drug-likeness (QED) is 0.906. The molecule has 0 aliphatic carbocycles. The highest BCUT2D eigenvalue weighted by Gasteiger charge is 2.16. The van der Waals surface area contributed by atoms with E-state index in [-0.39, 0.29) is 17.9 Å². The molecule has 6 heteroatoms. The lowest BCUT2D eigenvalue weighted by molar-refractivity contribution is 0.102. The molecule has 0 fully saturated rings. The molecule has 1 amide bonds. The number of anilines is 1. The van der Waals surface area contributed by atoms with Gasteiger partial charge in [0.1, 0.15) is 11.6 Å². The van der Waals surface area contributed by atoms with Crippen LogP contribution in [0.1, 0.15) is 21.5 Å². The largest absolute Gasteiger partial charge is 0.392 e. The molecule has 104 valence electrons. The lowest BCUT2D eigenvalue weighted by atomic mass is 10.1. The van der Waals surface area contributed by atoms with Crippen molar-refractivity contribution in [1.82, 2.24) is 4.98 Å². The first kappa shape index (κ1) is 14.1. The van der Waals surface area contributed by atoms with Crippen LogP contribution in [-0.4, -0.2) is 16.0 Å². The summed E-state index contributed by atoms with van der Waals surface area (Å²) >= 11 is 0. The molecule has 4 nitrogen and oxygen atoms in total. The maximum Gasteiger partial charge on any atom is 0.258 e. The van der Waals surface area contributed by atoms with Crippen molar-refractivity contribution in [3.8, 4) is 0 Å². The smallest absolute Gasteiger partial charge is 0.258 e. The molecule has 1 heterocycles. The molecule has 0 aliphatic heterocycles. The van der Waals surface area contributed by atoms with E-state index in [9.17, 15) is 13.6 Å². The van der Waals surface area contributed by atoms with Gasteiger partial charge in [-0.15, -0.1) is 0 Å².